The molecule has 0 aliphatic rings. The van der Waals surface area contributed by atoms with E-state index in [0.29, 0.717) is 13.0 Å². The van der Waals surface area contributed by atoms with Crippen molar-refractivity contribution in [3.8, 4) is 0 Å². The van der Waals surface area contributed by atoms with E-state index < -0.39 is 0 Å². The molecule has 20 heavy (non-hydrogen) atoms. The van der Waals surface area contributed by atoms with E-state index in [-0.39, 0.29) is 17.9 Å². The molecule has 0 heterocycles. The average Bonchev–Trinajstić information content (AvgIpc) is 2.43. The standard InChI is InChI=1S/C16H24BrNO2/c1-16(2,12-19)10-5-11-18-15(20)9-8-13-6-3-4-7-14(13)17/h3-4,6-7,19H,5,8-12H2,1-2H3,(H,18,20). The summed E-state index contributed by atoms with van der Waals surface area (Å²) in [7, 11) is 0. The van der Waals surface area contributed by atoms with Gasteiger partial charge in [0.1, 0.15) is 0 Å². The maximum absolute atomic E-state index is 11.7. The van der Waals surface area contributed by atoms with Crippen LogP contribution < -0.4 is 5.32 Å². The van der Waals surface area contributed by atoms with Crippen molar-refractivity contribution in [3.05, 3.63) is 34.3 Å². The van der Waals surface area contributed by atoms with Crippen LogP contribution in [0.2, 0.25) is 0 Å². The second-order valence-corrected chi connectivity index (χ2v) is 6.72. The van der Waals surface area contributed by atoms with Crippen molar-refractivity contribution in [2.24, 2.45) is 5.41 Å². The van der Waals surface area contributed by atoms with Crippen molar-refractivity contribution in [3.63, 3.8) is 0 Å². The predicted molar refractivity (Wildman–Crippen MR) is 85.6 cm³/mol. The zero-order valence-electron chi connectivity index (χ0n) is 12.3. The number of nitrogens with one attached hydrogen (secondary N) is 1. The van der Waals surface area contributed by atoms with E-state index in [1.165, 1.54) is 0 Å². The lowest BCUT2D eigenvalue weighted by atomic mass is 9.89. The molecular weight excluding hydrogens is 318 g/mol. The van der Waals surface area contributed by atoms with Gasteiger partial charge in [0.05, 0.1) is 0 Å². The highest BCUT2D eigenvalue weighted by Gasteiger charge is 2.15. The summed E-state index contributed by atoms with van der Waals surface area (Å²) in [6.45, 7) is 4.92. The summed E-state index contributed by atoms with van der Waals surface area (Å²) in [5.41, 5.74) is 1.10. The minimum Gasteiger partial charge on any atom is -0.396 e. The number of benzene rings is 1. The molecule has 0 aromatic heterocycles. The number of rotatable bonds is 8. The highest BCUT2D eigenvalue weighted by Crippen LogP contribution is 2.20. The molecule has 1 aromatic rings. The number of halogens is 1. The number of hydrogen-bond acceptors (Lipinski definition) is 2. The maximum atomic E-state index is 11.7. The lowest BCUT2D eigenvalue weighted by molar-refractivity contribution is -0.121. The van der Waals surface area contributed by atoms with Gasteiger partial charge in [0.15, 0.2) is 0 Å². The highest BCUT2D eigenvalue weighted by atomic mass is 79.9. The molecule has 0 saturated carbocycles. The SMILES string of the molecule is CC(C)(CO)CCCNC(=O)CCc1ccccc1Br. The predicted octanol–water partition coefficient (Wildman–Crippen LogP) is 3.30. The Hall–Kier alpha value is -0.870. The monoisotopic (exact) mass is 341 g/mol. The van der Waals surface area contributed by atoms with Crippen molar-refractivity contribution in [2.75, 3.05) is 13.2 Å². The van der Waals surface area contributed by atoms with Gasteiger partial charge in [-0.05, 0) is 36.3 Å². The fourth-order valence-corrected chi connectivity index (χ4v) is 2.39. The molecule has 0 unspecified atom stereocenters. The van der Waals surface area contributed by atoms with Crippen LogP contribution in [0.15, 0.2) is 28.7 Å². The van der Waals surface area contributed by atoms with Gasteiger partial charge in [-0.3, -0.25) is 4.79 Å². The van der Waals surface area contributed by atoms with Gasteiger partial charge in [-0.15, -0.1) is 0 Å². The topological polar surface area (TPSA) is 49.3 Å². The number of aliphatic hydroxyl groups excluding tert-OH is 1. The number of amides is 1. The number of aryl methyl sites for hydroxylation is 1. The van der Waals surface area contributed by atoms with E-state index in [1.54, 1.807) is 0 Å². The van der Waals surface area contributed by atoms with Crippen LogP contribution in [-0.2, 0) is 11.2 Å². The van der Waals surface area contributed by atoms with Crippen LogP contribution in [0.1, 0.15) is 38.7 Å². The van der Waals surface area contributed by atoms with Gasteiger partial charge in [0.2, 0.25) is 5.91 Å². The lowest BCUT2D eigenvalue weighted by Crippen LogP contribution is -2.26. The number of aliphatic hydroxyl groups is 1. The normalized spacial score (nSPS) is 11.4. The van der Waals surface area contributed by atoms with E-state index in [4.69, 9.17) is 5.11 Å². The molecule has 1 amide bonds. The van der Waals surface area contributed by atoms with Crippen molar-refractivity contribution in [2.45, 2.75) is 39.5 Å². The minimum absolute atomic E-state index is 0.0559. The molecule has 0 spiro atoms. The fraction of sp³-hybridized carbons (Fsp3) is 0.562. The largest absolute Gasteiger partial charge is 0.396 e. The van der Waals surface area contributed by atoms with E-state index >= 15 is 0 Å². The Kier molecular flexibility index (Phi) is 7.24. The van der Waals surface area contributed by atoms with Crippen LogP contribution in [-0.4, -0.2) is 24.2 Å². The second-order valence-electron chi connectivity index (χ2n) is 5.87. The molecule has 0 aliphatic carbocycles. The van der Waals surface area contributed by atoms with Gasteiger partial charge in [-0.25, -0.2) is 0 Å². The maximum Gasteiger partial charge on any atom is 0.220 e. The first kappa shape index (κ1) is 17.2. The molecular formula is C16H24BrNO2. The molecule has 4 heteroatoms. The molecule has 1 rings (SSSR count). The summed E-state index contributed by atoms with van der Waals surface area (Å²) >= 11 is 3.48. The van der Waals surface area contributed by atoms with Gasteiger partial charge >= 0.3 is 0 Å². The van der Waals surface area contributed by atoms with E-state index in [2.05, 4.69) is 21.2 Å². The summed E-state index contributed by atoms with van der Waals surface area (Å²) in [6, 6.07) is 7.97. The Morgan fingerprint density at radius 1 is 1.35 bits per heavy atom. The van der Waals surface area contributed by atoms with Gasteiger partial charge in [0.25, 0.3) is 0 Å². The van der Waals surface area contributed by atoms with E-state index in [9.17, 15) is 4.79 Å². The third-order valence-corrected chi connectivity index (χ3v) is 4.13. The first-order chi connectivity index (χ1) is 9.44. The number of hydrogen-bond donors (Lipinski definition) is 2. The molecule has 0 aliphatic heterocycles. The molecule has 2 N–H and O–H groups in total. The molecule has 0 radical (unpaired) electrons. The Bertz CT molecular complexity index is 432. The van der Waals surface area contributed by atoms with Gasteiger partial charge in [-0.2, -0.15) is 0 Å². The summed E-state index contributed by atoms with van der Waals surface area (Å²) < 4.78 is 1.05. The Morgan fingerprint density at radius 3 is 2.70 bits per heavy atom. The van der Waals surface area contributed by atoms with Crippen molar-refractivity contribution in [1.29, 1.82) is 0 Å². The van der Waals surface area contributed by atoms with Crippen LogP contribution in [0.25, 0.3) is 0 Å². The number of carbonyl (C=O) groups excluding carboxylic acids is 1. The molecule has 1 aromatic carbocycles. The Morgan fingerprint density at radius 2 is 2.05 bits per heavy atom. The average molecular weight is 342 g/mol. The molecule has 112 valence electrons. The van der Waals surface area contributed by atoms with Gasteiger partial charge in [0, 0.05) is 24.0 Å². The minimum atomic E-state index is -0.0559. The summed E-state index contributed by atoms with van der Waals surface area (Å²) in [5.74, 6) is 0.0857. The molecule has 3 nitrogen and oxygen atoms in total. The number of carbonyl (C=O) groups is 1. The Balaban J connectivity index is 2.20. The first-order valence-corrected chi connectivity index (χ1v) is 7.85. The van der Waals surface area contributed by atoms with E-state index in [0.717, 1.165) is 29.3 Å². The van der Waals surface area contributed by atoms with Crippen LogP contribution >= 0.6 is 15.9 Å². The first-order valence-electron chi connectivity index (χ1n) is 7.05. The van der Waals surface area contributed by atoms with Crippen LogP contribution in [0, 0.1) is 5.41 Å². The van der Waals surface area contributed by atoms with Crippen molar-refractivity contribution < 1.29 is 9.90 Å². The summed E-state index contributed by atoms with van der Waals surface area (Å²) in [5, 5.41) is 12.1. The third-order valence-electron chi connectivity index (χ3n) is 3.36. The molecule has 0 bridgehead atoms. The molecule has 0 atom stereocenters. The summed E-state index contributed by atoms with van der Waals surface area (Å²) in [4.78, 5) is 11.7. The highest BCUT2D eigenvalue weighted by molar-refractivity contribution is 9.10. The molecule has 0 saturated heterocycles. The zero-order valence-corrected chi connectivity index (χ0v) is 13.9. The lowest BCUT2D eigenvalue weighted by Gasteiger charge is -2.21. The summed E-state index contributed by atoms with van der Waals surface area (Å²) in [6.07, 6.45) is 3.06. The van der Waals surface area contributed by atoms with Crippen LogP contribution in [0.5, 0.6) is 0 Å². The van der Waals surface area contributed by atoms with Gasteiger partial charge < -0.3 is 10.4 Å². The van der Waals surface area contributed by atoms with E-state index in [1.807, 2.05) is 38.1 Å². The van der Waals surface area contributed by atoms with Crippen molar-refractivity contribution in [1.82, 2.24) is 5.32 Å². The smallest absolute Gasteiger partial charge is 0.220 e. The Labute approximate surface area is 129 Å². The van der Waals surface area contributed by atoms with Crippen LogP contribution in [0.3, 0.4) is 0 Å². The quantitative estimate of drug-likeness (QED) is 0.712. The fourth-order valence-electron chi connectivity index (χ4n) is 1.91. The van der Waals surface area contributed by atoms with Gasteiger partial charge in [-0.1, -0.05) is 48.0 Å². The third kappa shape index (κ3) is 6.53. The van der Waals surface area contributed by atoms with Crippen molar-refractivity contribution >= 4 is 21.8 Å². The van der Waals surface area contributed by atoms with Crippen LogP contribution in [0.4, 0.5) is 0 Å². The second kappa shape index (κ2) is 8.42. The molecule has 0 fully saturated rings. The zero-order chi connectivity index (χ0) is 15.0.